The summed E-state index contributed by atoms with van der Waals surface area (Å²) >= 11 is 0. The molecule has 0 aliphatic carbocycles. The summed E-state index contributed by atoms with van der Waals surface area (Å²) in [5.74, 6) is -0.342. The highest BCUT2D eigenvalue weighted by atomic mass is 32.2. The number of benzene rings is 3. The van der Waals surface area contributed by atoms with Crippen LogP contribution in [-0.2, 0) is 10.0 Å². The monoisotopic (exact) mass is 422 g/mol. The van der Waals surface area contributed by atoms with Gasteiger partial charge >= 0.3 is 0 Å². The van der Waals surface area contributed by atoms with Gasteiger partial charge in [0.2, 0.25) is 0 Å². The van der Waals surface area contributed by atoms with Crippen LogP contribution in [0.3, 0.4) is 0 Å². The summed E-state index contributed by atoms with van der Waals surface area (Å²) in [6.07, 6.45) is 0. The first-order valence-electron chi connectivity index (χ1n) is 9.74. The Hall–Kier alpha value is -3.12. The van der Waals surface area contributed by atoms with Gasteiger partial charge in [-0.05, 0) is 63.1 Å². The highest BCUT2D eigenvalue weighted by Crippen LogP contribution is 2.23. The molecule has 0 aromatic heterocycles. The number of amides is 1. The predicted octanol–water partition coefficient (Wildman–Crippen LogP) is 4.90. The smallest absolute Gasteiger partial charge is 0.261 e. The molecule has 0 unspecified atom stereocenters. The summed E-state index contributed by atoms with van der Waals surface area (Å²) in [6.45, 7) is 7.81. The fourth-order valence-corrected chi connectivity index (χ4v) is 4.35. The molecule has 0 aliphatic heterocycles. The van der Waals surface area contributed by atoms with Crippen LogP contribution in [-0.4, -0.2) is 14.3 Å². The molecular formula is C24H26N2O3S. The van der Waals surface area contributed by atoms with Crippen LogP contribution in [0.1, 0.15) is 45.6 Å². The van der Waals surface area contributed by atoms with Crippen LogP contribution >= 0.6 is 0 Å². The Balaban J connectivity index is 1.85. The minimum Gasteiger partial charge on any atom is -0.345 e. The molecule has 0 heterocycles. The SMILES string of the molecule is Cc1ccc(S(=O)(=O)Nc2ccccc2C(=O)N[C@@H](C)c2cc(C)ccc2C)cc1. The minimum atomic E-state index is -3.81. The lowest BCUT2D eigenvalue weighted by Crippen LogP contribution is -2.28. The van der Waals surface area contributed by atoms with E-state index in [9.17, 15) is 13.2 Å². The Bertz CT molecular complexity index is 1170. The molecule has 3 rings (SSSR count). The highest BCUT2D eigenvalue weighted by molar-refractivity contribution is 7.92. The summed E-state index contributed by atoms with van der Waals surface area (Å²) in [4.78, 5) is 13.1. The van der Waals surface area contributed by atoms with E-state index in [1.165, 1.54) is 0 Å². The van der Waals surface area contributed by atoms with Crippen LogP contribution in [0.15, 0.2) is 71.6 Å². The summed E-state index contributed by atoms with van der Waals surface area (Å²) in [7, 11) is -3.81. The number of rotatable bonds is 6. The predicted molar refractivity (Wildman–Crippen MR) is 120 cm³/mol. The van der Waals surface area contributed by atoms with E-state index in [-0.39, 0.29) is 28.1 Å². The van der Waals surface area contributed by atoms with Crippen molar-refractivity contribution in [3.05, 3.63) is 94.5 Å². The molecule has 0 fully saturated rings. The third-order valence-corrected chi connectivity index (χ3v) is 6.38. The molecule has 3 aromatic rings. The maximum absolute atomic E-state index is 13.0. The van der Waals surface area contributed by atoms with Gasteiger partial charge < -0.3 is 5.32 Å². The third-order valence-electron chi connectivity index (χ3n) is 5.00. The summed E-state index contributed by atoms with van der Waals surface area (Å²) < 4.78 is 28.1. The maximum atomic E-state index is 13.0. The molecule has 6 heteroatoms. The topological polar surface area (TPSA) is 75.3 Å². The molecule has 0 spiro atoms. The van der Waals surface area contributed by atoms with Crippen molar-refractivity contribution in [3.8, 4) is 0 Å². The molecule has 0 saturated heterocycles. The summed E-state index contributed by atoms with van der Waals surface area (Å²) in [5, 5.41) is 2.98. The normalized spacial score (nSPS) is 12.3. The van der Waals surface area contributed by atoms with Crippen molar-refractivity contribution >= 4 is 21.6 Å². The zero-order valence-electron chi connectivity index (χ0n) is 17.6. The maximum Gasteiger partial charge on any atom is 0.261 e. The average molecular weight is 423 g/mol. The van der Waals surface area contributed by atoms with E-state index in [1.807, 2.05) is 45.9 Å². The zero-order chi connectivity index (χ0) is 21.9. The Labute approximate surface area is 178 Å². The first-order chi connectivity index (χ1) is 14.2. The molecule has 3 aromatic carbocycles. The summed E-state index contributed by atoms with van der Waals surface area (Å²) in [6, 6.07) is 19.0. The molecule has 1 amide bonds. The molecule has 0 bridgehead atoms. The lowest BCUT2D eigenvalue weighted by molar-refractivity contribution is 0.0940. The van der Waals surface area contributed by atoms with Gasteiger partial charge in [-0.1, -0.05) is 53.6 Å². The number of carbonyl (C=O) groups excluding carboxylic acids is 1. The van der Waals surface area contributed by atoms with Crippen LogP contribution in [0.25, 0.3) is 0 Å². The second-order valence-corrected chi connectivity index (χ2v) is 9.20. The molecule has 2 N–H and O–H groups in total. The Morgan fingerprint density at radius 2 is 1.50 bits per heavy atom. The highest BCUT2D eigenvalue weighted by Gasteiger charge is 2.20. The van der Waals surface area contributed by atoms with Gasteiger partial charge in [-0.15, -0.1) is 0 Å². The first kappa shape index (κ1) is 21.6. The van der Waals surface area contributed by atoms with Crippen LogP contribution in [0.4, 0.5) is 5.69 Å². The van der Waals surface area contributed by atoms with Crippen molar-refractivity contribution in [1.82, 2.24) is 5.32 Å². The van der Waals surface area contributed by atoms with Crippen molar-refractivity contribution in [1.29, 1.82) is 0 Å². The van der Waals surface area contributed by atoms with Gasteiger partial charge in [0.1, 0.15) is 0 Å². The molecule has 5 nitrogen and oxygen atoms in total. The van der Waals surface area contributed by atoms with Crippen molar-refractivity contribution in [2.45, 2.75) is 38.6 Å². The number of carbonyl (C=O) groups is 1. The second-order valence-electron chi connectivity index (χ2n) is 7.52. The van der Waals surface area contributed by atoms with Crippen molar-refractivity contribution in [2.24, 2.45) is 0 Å². The molecular weight excluding hydrogens is 396 g/mol. The quantitative estimate of drug-likeness (QED) is 0.593. The van der Waals surface area contributed by atoms with Crippen LogP contribution < -0.4 is 10.0 Å². The Morgan fingerprint density at radius 1 is 0.867 bits per heavy atom. The van der Waals surface area contributed by atoms with Crippen molar-refractivity contribution in [2.75, 3.05) is 4.72 Å². The Morgan fingerprint density at radius 3 is 2.20 bits per heavy atom. The van der Waals surface area contributed by atoms with E-state index < -0.39 is 10.0 Å². The number of para-hydroxylation sites is 1. The number of nitrogens with one attached hydrogen (secondary N) is 2. The van der Waals surface area contributed by atoms with Crippen LogP contribution in [0.5, 0.6) is 0 Å². The molecule has 0 radical (unpaired) electrons. The number of aryl methyl sites for hydroxylation is 3. The van der Waals surface area contributed by atoms with Gasteiger partial charge in [-0.25, -0.2) is 8.42 Å². The molecule has 30 heavy (non-hydrogen) atoms. The van der Waals surface area contributed by atoms with E-state index in [2.05, 4.69) is 10.0 Å². The van der Waals surface area contributed by atoms with E-state index in [4.69, 9.17) is 0 Å². The molecule has 0 saturated carbocycles. The van der Waals surface area contributed by atoms with E-state index in [0.29, 0.717) is 0 Å². The molecule has 156 valence electrons. The zero-order valence-corrected chi connectivity index (χ0v) is 18.4. The van der Waals surface area contributed by atoms with Gasteiger partial charge in [-0.3, -0.25) is 9.52 Å². The van der Waals surface area contributed by atoms with Gasteiger partial charge in [0, 0.05) is 0 Å². The fraction of sp³-hybridized carbons (Fsp3) is 0.208. The van der Waals surface area contributed by atoms with Crippen LogP contribution in [0.2, 0.25) is 0 Å². The number of hydrogen-bond acceptors (Lipinski definition) is 3. The Kier molecular flexibility index (Phi) is 6.27. The van der Waals surface area contributed by atoms with Gasteiger partial charge in [-0.2, -0.15) is 0 Å². The average Bonchev–Trinajstić information content (AvgIpc) is 2.70. The number of anilines is 1. The second kappa shape index (κ2) is 8.71. The molecule has 1 atom stereocenters. The first-order valence-corrected chi connectivity index (χ1v) is 11.2. The lowest BCUT2D eigenvalue weighted by Gasteiger charge is -2.19. The van der Waals surface area contributed by atoms with E-state index in [1.54, 1.807) is 48.5 Å². The van der Waals surface area contributed by atoms with Crippen molar-refractivity contribution in [3.63, 3.8) is 0 Å². The largest absolute Gasteiger partial charge is 0.345 e. The van der Waals surface area contributed by atoms with E-state index >= 15 is 0 Å². The fourth-order valence-electron chi connectivity index (χ4n) is 3.27. The third kappa shape index (κ3) is 4.89. The lowest BCUT2D eigenvalue weighted by atomic mass is 9.99. The van der Waals surface area contributed by atoms with Crippen LogP contribution in [0, 0.1) is 20.8 Å². The van der Waals surface area contributed by atoms with E-state index in [0.717, 1.165) is 22.3 Å². The number of hydrogen-bond donors (Lipinski definition) is 2. The number of sulfonamides is 1. The van der Waals surface area contributed by atoms with Gasteiger partial charge in [0.15, 0.2) is 0 Å². The minimum absolute atomic E-state index is 0.145. The van der Waals surface area contributed by atoms with Crippen molar-refractivity contribution < 1.29 is 13.2 Å². The summed E-state index contributed by atoms with van der Waals surface area (Å²) in [5.41, 5.74) is 4.70. The van der Waals surface area contributed by atoms with Gasteiger partial charge in [0.25, 0.3) is 15.9 Å². The molecule has 0 aliphatic rings. The standard InChI is InChI=1S/C24H26N2O3S/c1-16-10-13-20(14-11-16)30(28,29)26-23-8-6-5-7-21(23)24(27)25-19(4)22-15-17(2)9-12-18(22)3/h5-15,19,26H,1-4H3,(H,25,27)/t19-/m0/s1. The van der Waals surface area contributed by atoms with Gasteiger partial charge in [0.05, 0.1) is 22.2 Å².